The molecule has 3 aromatic carbocycles. The Morgan fingerprint density at radius 3 is 2.33 bits per heavy atom. The first-order valence-corrected chi connectivity index (χ1v) is 11.3. The number of anilines is 1. The standard InChI is InChI=1S/C25H17Cl2F4N3O2/c1-13(36)22(17-10-7-15(11-19(17)27)25(29,30)31)14-5-8-16(9-6-14)34-21(12-35)32-24(33-34)23-18(26)3-2-4-20(23)28/h2-12,21-22H,1H3,(H,32,33). The van der Waals surface area contributed by atoms with Gasteiger partial charge in [0.05, 0.1) is 27.8 Å². The molecule has 0 amide bonds. The van der Waals surface area contributed by atoms with Gasteiger partial charge in [-0.05, 0) is 54.4 Å². The summed E-state index contributed by atoms with van der Waals surface area (Å²) < 4.78 is 53.4. The fourth-order valence-electron chi connectivity index (χ4n) is 3.95. The number of aldehydes is 1. The summed E-state index contributed by atoms with van der Waals surface area (Å²) in [5, 5.41) is 8.37. The van der Waals surface area contributed by atoms with Crippen LogP contribution in [-0.4, -0.2) is 24.1 Å². The highest BCUT2D eigenvalue weighted by Gasteiger charge is 2.33. The lowest BCUT2D eigenvalue weighted by atomic mass is 9.87. The summed E-state index contributed by atoms with van der Waals surface area (Å²) in [5.41, 5.74) is 0.237. The lowest BCUT2D eigenvalue weighted by molar-refractivity contribution is -0.137. The van der Waals surface area contributed by atoms with Crippen LogP contribution in [0.25, 0.3) is 0 Å². The normalized spacial score (nSPS) is 16.4. The van der Waals surface area contributed by atoms with E-state index >= 15 is 0 Å². The van der Waals surface area contributed by atoms with Gasteiger partial charge in [-0.1, -0.05) is 47.5 Å². The van der Waals surface area contributed by atoms with Crippen LogP contribution in [0.4, 0.5) is 23.2 Å². The number of benzene rings is 3. The molecule has 0 radical (unpaired) electrons. The molecule has 36 heavy (non-hydrogen) atoms. The van der Waals surface area contributed by atoms with Crippen LogP contribution in [0.3, 0.4) is 0 Å². The number of nitrogens with zero attached hydrogens (tertiary/aromatic N) is 2. The third-order valence-electron chi connectivity index (χ3n) is 5.62. The van der Waals surface area contributed by atoms with Gasteiger partial charge in [0, 0.05) is 5.02 Å². The van der Waals surface area contributed by atoms with Crippen LogP contribution in [-0.2, 0) is 15.8 Å². The molecule has 186 valence electrons. The third-order valence-corrected chi connectivity index (χ3v) is 6.26. The molecule has 0 aliphatic carbocycles. The van der Waals surface area contributed by atoms with Gasteiger partial charge in [-0.25, -0.2) is 9.40 Å². The second kappa shape index (κ2) is 9.91. The molecule has 0 bridgehead atoms. The van der Waals surface area contributed by atoms with Crippen molar-refractivity contribution in [2.75, 3.05) is 5.01 Å². The predicted molar refractivity (Wildman–Crippen MR) is 129 cm³/mol. The number of carbonyl (C=O) groups excluding carboxylic acids is 2. The number of nitrogens with one attached hydrogen (secondary N) is 1. The van der Waals surface area contributed by atoms with Gasteiger partial charge in [0.1, 0.15) is 11.6 Å². The summed E-state index contributed by atoms with van der Waals surface area (Å²) in [6, 6.07) is 13.3. The van der Waals surface area contributed by atoms with E-state index in [0.717, 1.165) is 12.1 Å². The molecule has 1 aliphatic heterocycles. The van der Waals surface area contributed by atoms with Crippen LogP contribution in [0.15, 0.2) is 65.8 Å². The maximum atomic E-state index is 14.3. The summed E-state index contributed by atoms with van der Waals surface area (Å²) >= 11 is 12.2. The van der Waals surface area contributed by atoms with E-state index in [4.69, 9.17) is 23.2 Å². The van der Waals surface area contributed by atoms with E-state index in [1.54, 1.807) is 24.3 Å². The number of ketones is 1. The van der Waals surface area contributed by atoms with E-state index in [-0.39, 0.29) is 32.8 Å². The number of hydrogen-bond acceptors (Lipinski definition) is 5. The Hall–Kier alpha value is -3.43. The molecule has 1 aliphatic rings. The average molecular weight is 538 g/mol. The molecular weight excluding hydrogens is 521 g/mol. The van der Waals surface area contributed by atoms with Crippen LogP contribution < -0.4 is 10.3 Å². The van der Waals surface area contributed by atoms with Gasteiger partial charge < -0.3 is 5.32 Å². The summed E-state index contributed by atoms with van der Waals surface area (Å²) in [6.07, 6.45) is -4.94. The summed E-state index contributed by atoms with van der Waals surface area (Å²) in [4.78, 5) is 24.1. The zero-order valence-electron chi connectivity index (χ0n) is 18.5. The number of Topliss-reactive ketones (excluding diaryl/α,β-unsaturated/α-hetero) is 1. The predicted octanol–water partition coefficient (Wildman–Crippen LogP) is 6.17. The Balaban J connectivity index is 1.67. The Morgan fingerprint density at radius 1 is 1.08 bits per heavy atom. The molecule has 1 N–H and O–H groups in total. The quantitative estimate of drug-likeness (QED) is 0.302. The molecule has 0 saturated carbocycles. The highest BCUT2D eigenvalue weighted by Crippen LogP contribution is 2.37. The number of hydrogen-bond donors (Lipinski definition) is 1. The van der Waals surface area contributed by atoms with Gasteiger partial charge in [-0.15, -0.1) is 0 Å². The first kappa shape index (κ1) is 25.7. The van der Waals surface area contributed by atoms with Crippen molar-refractivity contribution < 1.29 is 27.2 Å². The number of alkyl halides is 3. The van der Waals surface area contributed by atoms with Gasteiger partial charge in [0.15, 0.2) is 18.3 Å². The summed E-state index contributed by atoms with van der Waals surface area (Å²) in [5.74, 6) is -1.79. The minimum Gasteiger partial charge on any atom is -0.340 e. The number of amidine groups is 1. The molecule has 3 aromatic rings. The topological polar surface area (TPSA) is 61.8 Å². The highest BCUT2D eigenvalue weighted by molar-refractivity contribution is 6.34. The van der Waals surface area contributed by atoms with Crippen molar-refractivity contribution in [3.05, 3.63) is 98.8 Å². The minimum absolute atomic E-state index is 0.0127. The molecule has 5 nitrogen and oxygen atoms in total. The fourth-order valence-corrected chi connectivity index (χ4v) is 4.49. The van der Waals surface area contributed by atoms with Crippen LogP contribution in [0.2, 0.25) is 10.0 Å². The maximum Gasteiger partial charge on any atom is 0.416 e. The summed E-state index contributed by atoms with van der Waals surface area (Å²) in [6.45, 7) is 1.31. The smallest absolute Gasteiger partial charge is 0.340 e. The Bertz CT molecular complexity index is 1340. The van der Waals surface area contributed by atoms with Crippen molar-refractivity contribution in [2.24, 2.45) is 5.10 Å². The van der Waals surface area contributed by atoms with Crippen molar-refractivity contribution in [2.45, 2.75) is 25.2 Å². The highest BCUT2D eigenvalue weighted by atomic mass is 35.5. The van der Waals surface area contributed by atoms with E-state index in [9.17, 15) is 27.2 Å². The molecule has 4 rings (SSSR count). The van der Waals surface area contributed by atoms with E-state index in [1.807, 2.05) is 0 Å². The van der Waals surface area contributed by atoms with Crippen LogP contribution in [0.5, 0.6) is 0 Å². The van der Waals surface area contributed by atoms with E-state index in [2.05, 4.69) is 10.4 Å². The second-order valence-corrected chi connectivity index (χ2v) is 8.80. The zero-order valence-corrected chi connectivity index (χ0v) is 20.0. The maximum absolute atomic E-state index is 14.3. The first-order valence-electron chi connectivity index (χ1n) is 10.5. The van der Waals surface area contributed by atoms with Crippen molar-refractivity contribution in [1.82, 2.24) is 5.32 Å². The molecular formula is C25H17Cl2F4N3O2. The van der Waals surface area contributed by atoms with Crippen LogP contribution in [0.1, 0.15) is 35.1 Å². The Morgan fingerprint density at radius 2 is 1.78 bits per heavy atom. The SMILES string of the molecule is CC(=O)C(c1ccc(N2N=C(c3c(F)cccc3Cl)NC2C=O)cc1)c1ccc(C(F)(F)F)cc1Cl. The Labute approximate surface area is 213 Å². The molecule has 0 aromatic heterocycles. The average Bonchev–Trinajstić information content (AvgIpc) is 3.23. The Kier molecular flexibility index (Phi) is 7.06. The van der Waals surface area contributed by atoms with Crippen molar-refractivity contribution in [3.8, 4) is 0 Å². The molecule has 0 fully saturated rings. The van der Waals surface area contributed by atoms with Crippen molar-refractivity contribution >= 4 is 46.8 Å². The van der Waals surface area contributed by atoms with Gasteiger partial charge in [0.2, 0.25) is 0 Å². The third kappa shape index (κ3) is 4.94. The van der Waals surface area contributed by atoms with Gasteiger partial charge >= 0.3 is 6.18 Å². The fraction of sp³-hybridized carbons (Fsp3) is 0.160. The lowest BCUT2D eigenvalue weighted by Gasteiger charge is -2.21. The number of halogens is 6. The molecule has 0 saturated heterocycles. The molecule has 1 heterocycles. The number of rotatable bonds is 6. The molecule has 2 unspecified atom stereocenters. The minimum atomic E-state index is -4.57. The van der Waals surface area contributed by atoms with E-state index in [0.29, 0.717) is 17.5 Å². The second-order valence-electron chi connectivity index (χ2n) is 7.98. The lowest BCUT2D eigenvalue weighted by Crippen LogP contribution is -2.39. The van der Waals surface area contributed by atoms with Gasteiger partial charge in [-0.3, -0.25) is 9.59 Å². The first-order chi connectivity index (χ1) is 17.0. The zero-order chi connectivity index (χ0) is 26.2. The monoisotopic (exact) mass is 537 g/mol. The molecule has 2 atom stereocenters. The van der Waals surface area contributed by atoms with Crippen molar-refractivity contribution in [3.63, 3.8) is 0 Å². The molecule has 0 spiro atoms. The summed E-state index contributed by atoms with van der Waals surface area (Å²) in [7, 11) is 0. The van der Waals surface area contributed by atoms with Gasteiger partial charge in [0.25, 0.3) is 0 Å². The van der Waals surface area contributed by atoms with E-state index < -0.39 is 29.6 Å². The number of hydrazone groups is 1. The van der Waals surface area contributed by atoms with Crippen molar-refractivity contribution in [1.29, 1.82) is 0 Å². The van der Waals surface area contributed by atoms with Crippen LogP contribution >= 0.6 is 23.2 Å². The van der Waals surface area contributed by atoms with E-state index in [1.165, 1.54) is 36.2 Å². The number of carbonyl (C=O) groups is 2. The van der Waals surface area contributed by atoms with Crippen LogP contribution in [0, 0.1) is 5.82 Å². The molecule has 11 heteroatoms. The largest absolute Gasteiger partial charge is 0.416 e. The van der Waals surface area contributed by atoms with Gasteiger partial charge in [-0.2, -0.15) is 18.3 Å².